The third-order valence-electron chi connectivity index (χ3n) is 2.81. The molecule has 2 N–H and O–H groups in total. The third-order valence-corrected chi connectivity index (χ3v) is 3.71. The maximum atomic E-state index is 9.06. The summed E-state index contributed by atoms with van der Waals surface area (Å²) < 4.78 is 0. The lowest BCUT2D eigenvalue weighted by Crippen LogP contribution is -2.33. The molecule has 1 atom stereocenters. The van der Waals surface area contributed by atoms with Gasteiger partial charge in [-0.25, -0.2) is 4.98 Å². The predicted octanol–water partition coefficient (Wildman–Crippen LogP) is 2.34. The molecule has 0 fully saturated rings. The van der Waals surface area contributed by atoms with Crippen molar-refractivity contribution in [2.75, 3.05) is 13.2 Å². The fourth-order valence-corrected chi connectivity index (χ4v) is 2.52. The van der Waals surface area contributed by atoms with E-state index in [1.165, 1.54) is 10.7 Å². The number of nitrogens with one attached hydrogen (secondary N) is 1. The zero-order valence-corrected chi connectivity index (χ0v) is 12.1. The van der Waals surface area contributed by atoms with E-state index in [0.29, 0.717) is 0 Å². The molecule has 0 aliphatic rings. The summed E-state index contributed by atoms with van der Waals surface area (Å²) >= 11 is 1.73. The van der Waals surface area contributed by atoms with Crippen LogP contribution in [0, 0.1) is 0 Å². The summed E-state index contributed by atoms with van der Waals surface area (Å²) in [6.45, 7) is 9.72. The first-order chi connectivity index (χ1) is 7.97. The van der Waals surface area contributed by atoms with Gasteiger partial charge in [-0.2, -0.15) is 0 Å². The minimum atomic E-state index is 0.138. The van der Waals surface area contributed by atoms with Gasteiger partial charge in [-0.05, 0) is 6.42 Å². The molecule has 0 aliphatic carbocycles. The first-order valence-corrected chi connectivity index (χ1v) is 7.14. The van der Waals surface area contributed by atoms with Crippen molar-refractivity contribution in [1.82, 2.24) is 10.3 Å². The molecule has 1 aromatic heterocycles. The number of aliphatic hydroxyl groups excluding tert-OH is 1. The molecule has 0 saturated carbocycles. The highest BCUT2D eigenvalue weighted by molar-refractivity contribution is 7.09. The third kappa shape index (κ3) is 4.74. The van der Waals surface area contributed by atoms with E-state index in [9.17, 15) is 0 Å². The van der Waals surface area contributed by atoms with Gasteiger partial charge in [0.05, 0.1) is 17.3 Å². The van der Waals surface area contributed by atoms with Gasteiger partial charge in [-0.3, -0.25) is 0 Å². The summed E-state index contributed by atoms with van der Waals surface area (Å²) in [7, 11) is 0. The van der Waals surface area contributed by atoms with Crippen LogP contribution in [0.5, 0.6) is 0 Å². The van der Waals surface area contributed by atoms with Gasteiger partial charge in [-0.15, -0.1) is 11.3 Å². The number of rotatable bonds is 6. The van der Waals surface area contributed by atoms with Crippen molar-refractivity contribution in [3.63, 3.8) is 0 Å². The lowest BCUT2D eigenvalue weighted by Gasteiger charge is -2.14. The molecular formula is C13H24N2OS. The van der Waals surface area contributed by atoms with Gasteiger partial charge >= 0.3 is 0 Å². The maximum absolute atomic E-state index is 9.06. The standard InChI is InChI=1S/C13H24N2OS/c1-5-10(8-16)14-7-6-12-15-11(9-17-12)13(2,3)4/h9-10,14,16H,5-8H2,1-4H3. The Morgan fingerprint density at radius 2 is 2.18 bits per heavy atom. The number of hydrogen-bond donors (Lipinski definition) is 2. The average molecular weight is 256 g/mol. The van der Waals surface area contributed by atoms with Crippen LogP contribution in [0.1, 0.15) is 44.8 Å². The molecule has 1 rings (SSSR count). The smallest absolute Gasteiger partial charge is 0.0941 e. The van der Waals surface area contributed by atoms with Crippen molar-refractivity contribution in [2.45, 2.75) is 52.0 Å². The van der Waals surface area contributed by atoms with Crippen LogP contribution >= 0.6 is 11.3 Å². The van der Waals surface area contributed by atoms with Crippen LogP contribution in [0.15, 0.2) is 5.38 Å². The van der Waals surface area contributed by atoms with E-state index in [1.807, 2.05) is 0 Å². The first kappa shape index (κ1) is 14.6. The average Bonchev–Trinajstić information content (AvgIpc) is 2.73. The van der Waals surface area contributed by atoms with Crippen molar-refractivity contribution in [1.29, 1.82) is 0 Å². The van der Waals surface area contributed by atoms with Crippen LogP contribution in [-0.4, -0.2) is 29.3 Å². The second-order valence-corrected chi connectivity index (χ2v) is 6.31. The topological polar surface area (TPSA) is 45.1 Å². The quantitative estimate of drug-likeness (QED) is 0.821. The summed E-state index contributed by atoms with van der Waals surface area (Å²) in [5.74, 6) is 0. The number of aromatic nitrogens is 1. The Bertz CT molecular complexity index is 326. The van der Waals surface area contributed by atoms with Crippen molar-refractivity contribution < 1.29 is 5.11 Å². The molecule has 4 heteroatoms. The largest absolute Gasteiger partial charge is 0.395 e. The van der Waals surface area contributed by atoms with Crippen molar-refractivity contribution >= 4 is 11.3 Å². The lowest BCUT2D eigenvalue weighted by molar-refractivity contribution is 0.240. The van der Waals surface area contributed by atoms with Crippen molar-refractivity contribution in [3.05, 3.63) is 16.1 Å². The van der Waals surface area contributed by atoms with Gasteiger partial charge in [0.25, 0.3) is 0 Å². The number of aliphatic hydroxyl groups is 1. The highest BCUT2D eigenvalue weighted by atomic mass is 32.1. The van der Waals surface area contributed by atoms with Gasteiger partial charge in [0, 0.05) is 29.8 Å². The van der Waals surface area contributed by atoms with Gasteiger partial charge in [0.2, 0.25) is 0 Å². The van der Waals surface area contributed by atoms with E-state index in [1.54, 1.807) is 11.3 Å². The van der Waals surface area contributed by atoms with E-state index < -0.39 is 0 Å². The summed E-state index contributed by atoms with van der Waals surface area (Å²) in [5, 5.41) is 15.7. The summed E-state index contributed by atoms with van der Waals surface area (Å²) in [5.41, 5.74) is 1.31. The number of thiazole rings is 1. The number of nitrogens with zero attached hydrogens (tertiary/aromatic N) is 1. The lowest BCUT2D eigenvalue weighted by atomic mass is 9.93. The van der Waals surface area contributed by atoms with Crippen molar-refractivity contribution in [2.24, 2.45) is 0 Å². The van der Waals surface area contributed by atoms with Gasteiger partial charge in [0.1, 0.15) is 0 Å². The molecule has 0 amide bonds. The molecular weight excluding hydrogens is 232 g/mol. The molecule has 1 heterocycles. The molecule has 0 bridgehead atoms. The predicted molar refractivity (Wildman–Crippen MR) is 73.7 cm³/mol. The highest BCUT2D eigenvalue weighted by Crippen LogP contribution is 2.23. The molecule has 0 saturated heterocycles. The van der Waals surface area contributed by atoms with E-state index >= 15 is 0 Å². The minimum Gasteiger partial charge on any atom is -0.395 e. The Hall–Kier alpha value is -0.450. The zero-order chi connectivity index (χ0) is 12.9. The summed E-state index contributed by atoms with van der Waals surface area (Å²) in [4.78, 5) is 4.65. The second kappa shape index (κ2) is 6.47. The van der Waals surface area contributed by atoms with E-state index in [-0.39, 0.29) is 18.1 Å². The van der Waals surface area contributed by atoms with Crippen LogP contribution in [0.2, 0.25) is 0 Å². The van der Waals surface area contributed by atoms with Crippen LogP contribution in [-0.2, 0) is 11.8 Å². The Morgan fingerprint density at radius 1 is 1.47 bits per heavy atom. The Labute approximate surface area is 108 Å². The van der Waals surface area contributed by atoms with Crippen LogP contribution in [0.3, 0.4) is 0 Å². The maximum Gasteiger partial charge on any atom is 0.0941 e. The fraction of sp³-hybridized carbons (Fsp3) is 0.769. The van der Waals surface area contributed by atoms with E-state index in [0.717, 1.165) is 19.4 Å². The molecule has 0 radical (unpaired) electrons. The molecule has 0 spiro atoms. The summed E-state index contributed by atoms with van der Waals surface area (Å²) in [6.07, 6.45) is 1.90. The van der Waals surface area contributed by atoms with Crippen LogP contribution in [0.25, 0.3) is 0 Å². The van der Waals surface area contributed by atoms with Gasteiger partial charge < -0.3 is 10.4 Å². The minimum absolute atomic E-state index is 0.138. The summed E-state index contributed by atoms with van der Waals surface area (Å²) in [6, 6.07) is 0.219. The fourth-order valence-electron chi connectivity index (χ4n) is 1.49. The van der Waals surface area contributed by atoms with Crippen molar-refractivity contribution in [3.8, 4) is 0 Å². The molecule has 0 aromatic carbocycles. The van der Waals surface area contributed by atoms with Crippen LogP contribution in [0.4, 0.5) is 0 Å². The molecule has 1 aromatic rings. The monoisotopic (exact) mass is 256 g/mol. The molecule has 98 valence electrons. The van der Waals surface area contributed by atoms with E-state index in [4.69, 9.17) is 5.11 Å². The Balaban J connectivity index is 2.40. The first-order valence-electron chi connectivity index (χ1n) is 6.26. The molecule has 17 heavy (non-hydrogen) atoms. The van der Waals surface area contributed by atoms with Gasteiger partial charge in [-0.1, -0.05) is 27.7 Å². The van der Waals surface area contributed by atoms with Crippen LogP contribution < -0.4 is 5.32 Å². The molecule has 1 unspecified atom stereocenters. The second-order valence-electron chi connectivity index (χ2n) is 5.37. The highest BCUT2D eigenvalue weighted by Gasteiger charge is 2.17. The van der Waals surface area contributed by atoms with E-state index in [2.05, 4.69) is 43.4 Å². The number of hydrogen-bond acceptors (Lipinski definition) is 4. The normalized spacial score (nSPS) is 13.9. The van der Waals surface area contributed by atoms with Gasteiger partial charge in [0.15, 0.2) is 0 Å². The zero-order valence-electron chi connectivity index (χ0n) is 11.3. The SMILES string of the molecule is CCC(CO)NCCc1nc(C(C)(C)C)cs1. The molecule has 0 aliphatic heterocycles. The molecule has 3 nitrogen and oxygen atoms in total. The Morgan fingerprint density at radius 3 is 2.65 bits per heavy atom. The Kier molecular flexibility index (Phi) is 5.56.